The molecule has 0 saturated heterocycles. The predicted molar refractivity (Wildman–Crippen MR) is 32.7 cm³/mol. The van der Waals surface area contributed by atoms with Gasteiger partial charge in [0.15, 0.2) is 5.60 Å². The summed E-state index contributed by atoms with van der Waals surface area (Å²) in [7, 11) is 0. The van der Waals surface area contributed by atoms with Crippen molar-refractivity contribution in [3.05, 3.63) is 0 Å². The van der Waals surface area contributed by atoms with Crippen molar-refractivity contribution in [2.75, 3.05) is 6.54 Å². The fourth-order valence-electron chi connectivity index (χ4n) is 0.348. The summed E-state index contributed by atoms with van der Waals surface area (Å²) in [5.41, 5.74) is -3.02. The zero-order chi connectivity index (χ0) is 9.99. The van der Waals surface area contributed by atoms with Gasteiger partial charge in [-0.2, -0.15) is 13.2 Å². The summed E-state index contributed by atoms with van der Waals surface area (Å²) in [4.78, 5) is 9.78. The second-order valence-corrected chi connectivity index (χ2v) is 2.43. The van der Waals surface area contributed by atoms with Gasteiger partial charge in [-0.05, 0) is 6.92 Å². The molecular weight excluding hydrogens is 179 g/mol. The summed E-state index contributed by atoms with van der Waals surface area (Å²) in [6.45, 7) is -0.589. The van der Waals surface area contributed by atoms with Gasteiger partial charge in [0.2, 0.25) is 0 Å². The summed E-state index contributed by atoms with van der Waals surface area (Å²) in [5, 5.41) is 18.0. The van der Waals surface area contributed by atoms with E-state index in [0.29, 0.717) is 6.92 Å². The summed E-state index contributed by atoms with van der Waals surface area (Å²) < 4.78 is 35.4. The molecule has 0 aromatic heterocycles. The van der Waals surface area contributed by atoms with E-state index in [1.165, 1.54) is 5.32 Å². The minimum atomic E-state index is -4.84. The Balaban J connectivity index is 4.14. The van der Waals surface area contributed by atoms with Crippen LogP contribution in [0, 0.1) is 0 Å². The van der Waals surface area contributed by atoms with Crippen LogP contribution < -0.4 is 5.32 Å². The van der Waals surface area contributed by atoms with Crippen LogP contribution in [0.15, 0.2) is 0 Å². The molecule has 0 bridgehead atoms. The zero-order valence-corrected chi connectivity index (χ0v) is 6.14. The first kappa shape index (κ1) is 11.0. The van der Waals surface area contributed by atoms with Crippen molar-refractivity contribution >= 4 is 6.09 Å². The topological polar surface area (TPSA) is 69.6 Å². The van der Waals surface area contributed by atoms with Crippen LogP contribution in [0.5, 0.6) is 0 Å². The molecule has 72 valence electrons. The highest BCUT2D eigenvalue weighted by Gasteiger charge is 2.49. The molecule has 4 nitrogen and oxygen atoms in total. The molecule has 0 rings (SSSR count). The Morgan fingerprint density at radius 3 is 2.17 bits per heavy atom. The Morgan fingerprint density at radius 2 is 1.92 bits per heavy atom. The quantitative estimate of drug-likeness (QED) is 0.591. The first-order chi connectivity index (χ1) is 5.17. The average Bonchev–Trinajstić information content (AvgIpc) is 1.81. The van der Waals surface area contributed by atoms with Crippen LogP contribution in [0.4, 0.5) is 18.0 Å². The number of carboxylic acid groups (broad SMARTS) is 1. The number of carbonyl (C=O) groups is 1. The Bertz CT molecular complexity index is 177. The molecule has 1 unspecified atom stereocenters. The third-order valence-corrected chi connectivity index (χ3v) is 1.19. The molecule has 12 heavy (non-hydrogen) atoms. The number of aliphatic hydroxyl groups is 1. The lowest BCUT2D eigenvalue weighted by molar-refractivity contribution is -0.249. The third-order valence-electron chi connectivity index (χ3n) is 1.19. The van der Waals surface area contributed by atoms with Gasteiger partial charge in [-0.25, -0.2) is 4.79 Å². The third kappa shape index (κ3) is 2.95. The number of halogens is 3. The van der Waals surface area contributed by atoms with E-state index in [0.717, 1.165) is 0 Å². The summed E-state index contributed by atoms with van der Waals surface area (Å²) in [6, 6.07) is 0. The number of alkyl halides is 3. The zero-order valence-electron chi connectivity index (χ0n) is 6.14. The van der Waals surface area contributed by atoms with E-state index in [9.17, 15) is 18.0 Å². The highest BCUT2D eigenvalue weighted by atomic mass is 19.4. The maximum absolute atomic E-state index is 11.8. The van der Waals surface area contributed by atoms with Gasteiger partial charge < -0.3 is 15.5 Å². The Kier molecular flexibility index (Phi) is 2.92. The van der Waals surface area contributed by atoms with Crippen molar-refractivity contribution in [1.82, 2.24) is 5.32 Å². The van der Waals surface area contributed by atoms with E-state index in [2.05, 4.69) is 0 Å². The van der Waals surface area contributed by atoms with Crippen LogP contribution in [-0.2, 0) is 0 Å². The van der Waals surface area contributed by atoms with Crippen molar-refractivity contribution in [3.8, 4) is 0 Å². The average molecular weight is 187 g/mol. The van der Waals surface area contributed by atoms with Crippen molar-refractivity contribution in [2.24, 2.45) is 0 Å². The molecule has 0 aromatic carbocycles. The molecule has 0 aliphatic carbocycles. The number of amides is 1. The Morgan fingerprint density at radius 1 is 1.50 bits per heavy atom. The monoisotopic (exact) mass is 187 g/mol. The molecule has 0 aromatic rings. The normalized spacial score (nSPS) is 16.8. The molecule has 0 aliphatic heterocycles. The molecule has 0 fully saturated rings. The van der Waals surface area contributed by atoms with E-state index in [1.807, 2.05) is 0 Å². The molecule has 1 atom stereocenters. The van der Waals surface area contributed by atoms with Gasteiger partial charge in [-0.3, -0.25) is 0 Å². The van der Waals surface area contributed by atoms with E-state index in [4.69, 9.17) is 10.2 Å². The number of nitrogens with one attached hydrogen (secondary N) is 1. The molecule has 1 amide bonds. The van der Waals surface area contributed by atoms with Crippen LogP contribution in [0.1, 0.15) is 6.92 Å². The molecule has 0 aliphatic rings. The minimum absolute atomic E-state index is 0.489. The van der Waals surface area contributed by atoms with Crippen molar-refractivity contribution < 1.29 is 28.2 Å². The van der Waals surface area contributed by atoms with Gasteiger partial charge in [-0.15, -0.1) is 0 Å². The van der Waals surface area contributed by atoms with Crippen LogP contribution in [0.2, 0.25) is 0 Å². The lowest BCUT2D eigenvalue weighted by Gasteiger charge is -2.25. The Labute approximate surface area is 66.0 Å². The largest absolute Gasteiger partial charge is 0.465 e. The highest BCUT2D eigenvalue weighted by molar-refractivity contribution is 5.64. The predicted octanol–water partition coefficient (Wildman–Crippen LogP) is 0.567. The second-order valence-electron chi connectivity index (χ2n) is 2.43. The first-order valence-electron chi connectivity index (χ1n) is 2.93. The standard InChI is InChI=1S/C5H8F3NO3/c1-4(12,5(6,7)8)2-9-3(10)11/h9,12H,2H2,1H3,(H,10,11). The van der Waals surface area contributed by atoms with Crippen molar-refractivity contribution in [1.29, 1.82) is 0 Å². The van der Waals surface area contributed by atoms with Crippen molar-refractivity contribution in [2.45, 2.75) is 18.7 Å². The lowest BCUT2D eigenvalue weighted by atomic mass is 10.1. The summed E-state index contributed by atoms with van der Waals surface area (Å²) in [5.74, 6) is 0. The number of hydrogen-bond donors (Lipinski definition) is 3. The van der Waals surface area contributed by atoms with Crippen LogP contribution in [0.25, 0.3) is 0 Å². The van der Waals surface area contributed by atoms with Gasteiger partial charge >= 0.3 is 12.3 Å². The van der Waals surface area contributed by atoms with Gasteiger partial charge in [0, 0.05) is 0 Å². The fourth-order valence-corrected chi connectivity index (χ4v) is 0.348. The molecule has 0 radical (unpaired) electrons. The fraction of sp³-hybridized carbons (Fsp3) is 0.800. The van der Waals surface area contributed by atoms with Crippen LogP contribution in [-0.4, -0.2) is 34.6 Å². The maximum Gasteiger partial charge on any atom is 0.418 e. The van der Waals surface area contributed by atoms with E-state index < -0.39 is 24.4 Å². The maximum atomic E-state index is 11.8. The lowest BCUT2D eigenvalue weighted by Crippen LogP contribution is -2.50. The smallest absolute Gasteiger partial charge is 0.418 e. The Hall–Kier alpha value is -0.980. The number of rotatable bonds is 2. The summed E-state index contributed by atoms with van der Waals surface area (Å²) in [6.07, 6.45) is -6.45. The minimum Gasteiger partial charge on any atom is -0.465 e. The van der Waals surface area contributed by atoms with Gasteiger partial charge in [0.25, 0.3) is 0 Å². The highest BCUT2D eigenvalue weighted by Crippen LogP contribution is 2.28. The molecule has 0 heterocycles. The SMILES string of the molecule is CC(O)(CNC(=O)O)C(F)(F)F. The molecule has 0 spiro atoms. The molecule has 0 saturated carbocycles. The van der Waals surface area contributed by atoms with E-state index >= 15 is 0 Å². The number of hydrogen-bond acceptors (Lipinski definition) is 2. The van der Waals surface area contributed by atoms with Crippen molar-refractivity contribution in [3.63, 3.8) is 0 Å². The van der Waals surface area contributed by atoms with E-state index in [-0.39, 0.29) is 0 Å². The summed E-state index contributed by atoms with van der Waals surface area (Å²) >= 11 is 0. The van der Waals surface area contributed by atoms with Crippen LogP contribution in [0.3, 0.4) is 0 Å². The second kappa shape index (κ2) is 3.18. The first-order valence-corrected chi connectivity index (χ1v) is 2.93. The van der Waals surface area contributed by atoms with Gasteiger partial charge in [-0.1, -0.05) is 0 Å². The van der Waals surface area contributed by atoms with Crippen LogP contribution >= 0.6 is 0 Å². The molecule has 3 N–H and O–H groups in total. The molecule has 7 heteroatoms. The molecular formula is C5H8F3NO3. The van der Waals surface area contributed by atoms with E-state index in [1.54, 1.807) is 0 Å². The van der Waals surface area contributed by atoms with Gasteiger partial charge in [0.05, 0.1) is 6.54 Å². The van der Waals surface area contributed by atoms with Gasteiger partial charge in [0.1, 0.15) is 0 Å².